The van der Waals surface area contributed by atoms with Crippen LogP contribution in [0.3, 0.4) is 0 Å². The Kier molecular flexibility index (Phi) is 5.59. The van der Waals surface area contributed by atoms with E-state index < -0.39 is 49.7 Å². The van der Waals surface area contributed by atoms with Crippen LogP contribution in [0.2, 0.25) is 0 Å². The lowest BCUT2D eigenvalue weighted by atomic mass is 9.78. The minimum absolute atomic E-state index is 0.189. The van der Waals surface area contributed by atoms with Crippen LogP contribution < -0.4 is 5.32 Å². The number of carbonyl (C=O) groups is 2. The second kappa shape index (κ2) is 6.63. The molecule has 0 spiro atoms. The molecule has 1 rings (SSSR count). The van der Waals surface area contributed by atoms with Crippen LogP contribution in [0.5, 0.6) is 0 Å². The van der Waals surface area contributed by atoms with Crippen molar-refractivity contribution in [2.45, 2.75) is 44.0 Å². The molecular formula is C10H16BF3N2O5. The predicted molar refractivity (Wildman–Crippen MR) is 64.6 cm³/mol. The fourth-order valence-electron chi connectivity index (χ4n) is 2.29. The van der Waals surface area contributed by atoms with Gasteiger partial charge in [0.1, 0.15) is 6.04 Å². The van der Waals surface area contributed by atoms with Crippen LogP contribution in [0.15, 0.2) is 0 Å². The van der Waals surface area contributed by atoms with Gasteiger partial charge in [-0.3, -0.25) is 9.59 Å². The molecule has 1 heterocycles. The number of halogens is 3. The van der Waals surface area contributed by atoms with Crippen LogP contribution in [-0.4, -0.2) is 69.8 Å². The highest BCUT2D eigenvalue weighted by atomic mass is 19.4. The van der Waals surface area contributed by atoms with E-state index in [0.717, 1.165) is 11.8 Å². The Morgan fingerprint density at radius 2 is 1.95 bits per heavy atom. The number of amides is 2. The van der Waals surface area contributed by atoms with Crippen molar-refractivity contribution in [1.82, 2.24) is 10.2 Å². The lowest BCUT2D eigenvalue weighted by Crippen LogP contribution is -2.57. The minimum atomic E-state index is -5.12. The van der Waals surface area contributed by atoms with E-state index >= 15 is 0 Å². The van der Waals surface area contributed by atoms with Gasteiger partial charge in [0, 0.05) is 0 Å². The zero-order chi connectivity index (χ0) is 16.4. The van der Waals surface area contributed by atoms with E-state index in [0.29, 0.717) is 0 Å². The molecule has 3 atom stereocenters. The molecule has 2 unspecified atom stereocenters. The molecule has 1 aliphatic rings. The number of nitrogens with zero attached hydrogens (tertiary/aromatic N) is 1. The second-order valence-electron chi connectivity index (χ2n) is 4.83. The monoisotopic (exact) mass is 312 g/mol. The lowest BCUT2D eigenvalue weighted by molar-refractivity contribution is -0.175. The minimum Gasteiger partial charge on any atom is -0.426 e. The molecule has 2 amide bonds. The number of rotatable bonds is 4. The third-order valence-corrected chi connectivity index (χ3v) is 3.33. The molecule has 0 saturated carbocycles. The maximum absolute atomic E-state index is 12.1. The fourth-order valence-corrected chi connectivity index (χ4v) is 2.29. The van der Waals surface area contributed by atoms with Crippen molar-refractivity contribution in [3.63, 3.8) is 0 Å². The highest BCUT2D eigenvalue weighted by Crippen LogP contribution is 2.25. The summed E-state index contributed by atoms with van der Waals surface area (Å²) in [6.45, 7) is 0.592. The van der Waals surface area contributed by atoms with Gasteiger partial charge in [-0.25, -0.2) is 0 Å². The molecule has 120 valence electrons. The van der Waals surface area contributed by atoms with E-state index in [1.807, 2.05) is 0 Å². The van der Waals surface area contributed by atoms with Gasteiger partial charge >= 0.3 is 19.2 Å². The summed E-state index contributed by atoms with van der Waals surface area (Å²) >= 11 is 0. The largest absolute Gasteiger partial charge is 0.475 e. The van der Waals surface area contributed by atoms with Crippen LogP contribution in [0.1, 0.15) is 19.8 Å². The molecule has 7 nitrogen and oxygen atoms in total. The molecule has 0 aliphatic carbocycles. The van der Waals surface area contributed by atoms with Crippen molar-refractivity contribution >= 4 is 18.9 Å². The van der Waals surface area contributed by atoms with Crippen molar-refractivity contribution in [3.05, 3.63) is 0 Å². The van der Waals surface area contributed by atoms with Gasteiger partial charge in [0.2, 0.25) is 5.91 Å². The van der Waals surface area contributed by atoms with E-state index in [1.54, 1.807) is 0 Å². The summed E-state index contributed by atoms with van der Waals surface area (Å²) in [5.41, 5.74) is 0. The van der Waals surface area contributed by atoms with Gasteiger partial charge in [0.05, 0.1) is 18.6 Å². The molecule has 0 aromatic rings. The van der Waals surface area contributed by atoms with Gasteiger partial charge in [-0.05, 0) is 19.8 Å². The number of hydrogen-bond donors (Lipinski definition) is 4. The molecular weight excluding hydrogens is 296 g/mol. The molecule has 0 bridgehead atoms. The average molecular weight is 312 g/mol. The highest BCUT2D eigenvalue weighted by molar-refractivity contribution is 6.43. The summed E-state index contributed by atoms with van der Waals surface area (Å²) < 4.78 is 36.4. The standard InChI is InChI=1S/C10H16BF3N2O5/c1-5(15-9(19)10(12,13)14)8(18)16-6(4-17)2-3-7(16)11(20)21/h5-7,17,20-21H,2-4H2,1H3,(H,15,19)/t5-,6?,7?/m0/s1. The van der Waals surface area contributed by atoms with Gasteiger partial charge in [-0.2, -0.15) is 13.2 Å². The quantitative estimate of drug-likeness (QED) is 0.468. The normalized spacial score (nSPS) is 23.9. The zero-order valence-corrected chi connectivity index (χ0v) is 11.2. The van der Waals surface area contributed by atoms with Gasteiger partial charge < -0.3 is 25.4 Å². The third-order valence-electron chi connectivity index (χ3n) is 3.33. The summed E-state index contributed by atoms with van der Waals surface area (Å²) in [4.78, 5) is 23.8. The first-order valence-corrected chi connectivity index (χ1v) is 6.26. The Labute approximate surface area is 118 Å². The summed E-state index contributed by atoms with van der Waals surface area (Å²) in [6, 6.07) is -2.23. The second-order valence-corrected chi connectivity index (χ2v) is 4.83. The van der Waals surface area contributed by atoms with Crippen LogP contribution in [0, 0.1) is 0 Å². The van der Waals surface area contributed by atoms with Crippen molar-refractivity contribution < 1.29 is 37.9 Å². The van der Waals surface area contributed by atoms with Crippen molar-refractivity contribution in [2.75, 3.05) is 6.61 Å². The van der Waals surface area contributed by atoms with Crippen LogP contribution >= 0.6 is 0 Å². The predicted octanol–water partition coefficient (Wildman–Crippen LogP) is -1.58. The molecule has 0 aromatic carbocycles. The Morgan fingerprint density at radius 1 is 1.38 bits per heavy atom. The van der Waals surface area contributed by atoms with Gasteiger partial charge in [0.25, 0.3) is 0 Å². The number of likely N-dealkylation sites (tertiary alicyclic amines) is 1. The van der Waals surface area contributed by atoms with E-state index in [-0.39, 0.29) is 12.8 Å². The van der Waals surface area contributed by atoms with Crippen LogP contribution in [0.25, 0.3) is 0 Å². The van der Waals surface area contributed by atoms with E-state index in [4.69, 9.17) is 5.11 Å². The number of alkyl halides is 3. The first kappa shape index (κ1) is 17.7. The summed E-state index contributed by atoms with van der Waals surface area (Å²) in [7, 11) is -1.88. The Balaban J connectivity index is 2.81. The molecule has 0 radical (unpaired) electrons. The zero-order valence-electron chi connectivity index (χ0n) is 11.2. The van der Waals surface area contributed by atoms with Crippen LogP contribution in [-0.2, 0) is 9.59 Å². The van der Waals surface area contributed by atoms with Gasteiger partial charge in [0.15, 0.2) is 0 Å². The summed E-state index contributed by atoms with van der Waals surface area (Å²) in [5.74, 6) is -4.20. The third kappa shape index (κ3) is 4.08. The number of nitrogens with one attached hydrogen (secondary N) is 1. The van der Waals surface area contributed by atoms with Gasteiger partial charge in [-0.1, -0.05) is 0 Å². The Morgan fingerprint density at radius 3 is 2.38 bits per heavy atom. The Hall–Kier alpha value is -1.33. The van der Waals surface area contributed by atoms with Crippen molar-refractivity contribution in [3.8, 4) is 0 Å². The van der Waals surface area contributed by atoms with Crippen LogP contribution in [0.4, 0.5) is 13.2 Å². The summed E-state index contributed by atoms with van der Waals surface area (Å²) in [6.07, 6.45) is -4.65. The van der Waals surface area contributed by atoms with E-state index in [2.05, 4.69) is 0 Å². The first-order valence-electron chi connectivity index (χ1n) is 6.26. The maximum atomic E-state index is 12.1. The SMILES string of the molecule is C[C@H](NC(=O)C(F)(F)F)C(=O)N1C(CO)CCC1B(O)O. The molecule has 1 aliphatic heterocycles. The lowest BCUT2D eigenvalue weighted by Gasteiger charge is -2.31. The topological polar surface area (TPSA) is 110 Å². The van der Waals surface area contributed by atoms with Crippen molar-refractivity contribution in [2.24, 2.45) is 0 Å². The molecule has 4 N–H and O–H groups in total. The fraction of sp³-hybridized carbons (Fsp3) is 0.800. The average Bonchev–Trinajstić information content (AvgIpc) is 2.80. The van der Waals surface area contributed by atoms with Crippen molar-refractivity contribution in [1.29, 1.82) is 0 Å². The van der Waals surface area contributed by atoms with E-state index in [1.165, 1.54) is 5.32 Å². The number of carbonyl (C=O) groups excluding carboxylic acids is 2. The van der Waals surface area contributed by atoms with Gasteiger partial charge in [-0.15, -0.1) is 0 Å². The summed E-state index contributed by atoms with van der Waals surface area (Å²) in [5, 5.41) is 29.0. The molecule has 1 saturated heterocycles. The molecule has 11 heteroatoms. The number of hydrogen-bond acceptors (Lipinski definition) is 5. The Bertz CT molecular complexity index is 407. The number of aliphatic hydroxyl groups excluding tert-OH is 1. The maximum Gasteiger partial charge on any atom is 0.475 e. The molecule has 0 aromatic heterocycles. The molecule has 21 heavy (non-hydrogen) atoms. The first-order chi connectivity index (χ1) is 9.59. The highest BCUT2D eigenvalue weighted by Gasteiger charge is 2.45. The smallest absolute Gasteiger partial charge is 0.426 e. The molecule has 1 fully saturated rings. The number of aliphatic hydroxyl groups is 1. The van der Waals surface area contributed by atoms with E-state index in [9.17, 15) is 32.8 Å².